The Morgan fingerprint density at radius 2 is 1.61 bits per heavy atom. The van der Waals surface area contributed by atoms with Crippen LogP contribution in [0.3, 0.4) is 0 Å². The van der Waals surface area contributed by atoms with Crippen LogP contribution in [0.1, 0.15) is 36.1 Å². The molecular weight excluding hydrogens is 412 g/mol. The maximum absolute atomic E-state index is 13.4. The molecule has 1 unspecified atom stereocenters. The number of carbonyl (C=O) groups is 1. The lowest BCUT2D eigenvalue weighted by Gasteiger charge is -2.37. The average Bonchev–Trinajstić information content (AvgIpc) is 3.17. The zero-order chi connectivity index (χ0) is 22.8. The van der Waals surface area contributed by atoms with E-state index >= 15 is 0 Å². The molecule has 3 aromatic carbocycles. The van der Waals surface area contributed by atoms with Crippen molar-refractivity contribution in [1.82, 2.24) is 14.5 Å². The molecule has 2 N–H and O–H groups in total. The van der Waals surface area contributed by atoms with Crippen LogP contribution in [0.4, 0.5) is 5.69 Å². The molecule has 0 saturated carbocycles. The molecule has 5 rings (SSSR count). The van der Waals surface area contributed by atoms with Crippen molar-refractivity contribution in [3.63, 3.8) is 0 Å². The van der Waals surface area contributed by atoms with E-state index in [9.17, 15) is 9.59 Å². The van der Waals surface area contributed by atoms with Crippen molar-refractivity contribution < 1.29 is 4.79 Å². The summed E-state index contributed by atoms with van der Waals surface area (Å²) in [5.41, 5.74) is 4.67. The Labute approximate surface area is 192 Å². The molecule has 1 aliphatic heterocycles. The number of fused-ring (bicyclic) bond motifs is 1. The second-order valence-electron chi connectivity index (χ2n) is 8.75. The third-order valence-corrected chi connectivity index (χ3v) is 6.54. The van der Waals surface area contributed by atoms with Crippen LogP contribution in [-0.2, 0) is 4.79 Å². The molecule has 1 saturated heterocycles. The molecule has 4 aromatic rings. The number of benzene rings is 3. The Morgan fingerprint density at radius 1 is 0.939 bits per heavy atom. The van der Waals surface area contributed by atoms with Crippen molar-refractivity contribution in [2.75, 3.05) is 18.4 Å². The summed E-state index contributed by atoms with van der Waals surface area (Å²) in [6, 6.07) is 25.3. The number of aryl methyl sites for hydroxylation is 1. The van der Waals surface area contributed by atoms with E-state index in [2.05, 4.69) is 15.2 Å². The van der Waals surface area contributed by atoms with Crippen molar-refractivity contribution >= 4 is 22.6 Å². The van der Waals surface area contributed by atoms with Crippen LogP contribution in [0, 0.1) is 6.92 Å². The Hall–Kier alpha value is -3.64. The highest BCUT2D eigenvalue weighted by atomic mass is 16.2. The van der Waals surface area contributed by atoms with Gasteiger partial charge in [0.1, 0.15) is 6.04 Å². The number of hydrogen-bond acceptors (Lipinski definition) is 3. The minimum absolute atomic E-state index is 0.0345. The molecule has 1 atom stereocenters. The van der Waals surface area contributed by atoms with E-state index in [1.165, 1.54) is 0 Å². The maximum Gasteiger partial charge on any atom is 0.326 e. The summed E-state index contributed by atoms with van der Waals surface area (Å²) in [5.74, 6) is -0.0345. The van der Waals surface area contributed by atoms with Gasteiger partial charge < -0.3 is 10.3 Å². The number of amides is 1. The first kappa shape index (κ1) is 21.2. The second-order valence-corrected chi connectivity index (χ2v) is 8.75. The lowest BCUT2D eigenvalue weighted by atomic mass is 9.98. The summed E-state index contributed by atoms with van der Waals surface area (Å²) in [6.07, 6.45) is 1.62. The predicted octanol–water partition coefficient (Wildman–Crippen LogP) is 4.65. The molecule has 0 spiro atoms. The van der Waals surface area contributed by atoms with Gasteiger partial charge in [0.15, 0.2) is 0 Å². The normalized spacial score (nSPS) is 16.0. The number of rotatable bonds is 5. The Kier molecular flexibility index (Phi) is 5.84. The lowest BCUT2D eigenvalue weighted by Crippen LogP contribution is -2.43. The molecule has 1 fully saturated rings. The molecular formula is C27H28N4O2. The largest absolute Gasteiger partial charge is 0.326 e. The molecule has 1 amide bonds. The fourth-order valence-corrected chi connectivity index (χ4v) is 4.85. The predicted molar refractivity (Wildman–Crippen MR) is 131 cm³/mol. The van der Waals surface area contributed by atoms with E-state index in [-0.39, 0.29) is 23.7 Å². The van der Waals surface area contributed by atoms with E-state index in [4.69, 9.17) is 0 Å². The van der Waals surface area contributed by atoms with Gasteiger partial charge in [0, 0.05) is 24.8 Å². The number of carbonyl (C=O) groups excluding carboxylic acids is 1. The van der Waals surface area contributed by atoms with Crippen molar-refractivity contribution in [1.29, 1.82) is 0 Å². The van der Waals surface area contributed by atoms with Crippen LogP contribution in [0.2, 0.25) is 0 Å². The van der Waals surface area contributed by atoms with Crippen molar-refractivity contribution in [2.45, 2.75) is 31.8 Å². The van der Waals surface area contributed by atoms with Crippen LogP contribution in [0.5, 0.6) is 0 Å². The van der Waals surface area contributed by atoms with Gasteiger partial charge in [-0.1, -0.05) is 60.2 Å². The number of H-pyrrole nitrogens is 1. The number of likely N-dealkylation sites (tertiary alicyclic amines) is 1. The number of nitrogens with zero attached hydrogens (tertiary/aromatic N) is 2. The van der Waals surface area contributed by atoms with E-state index in [0.717, 1.165) is 53.8 Å². The quantitative estimate of drug-likeness (QED) is 0.474. The van der Waals surface area contributed by atoms with Crippen molar-refractivity contribution in [3.05, 3.63) is 100 Å². The highest BCUT2D eigenvalue weighted by Gasteiger charge is 2.32. The molecule has 1 aromatic heterocycles. The summed E-state index contributed by atoms with van der Waals surface area (Å²) >= 11 is 0. The zero-order valence-corrected chi connectivity index (χ0v) is 18.7. The highest BCUT2D eigenvalue weighted by Crippen LogP contribution is 2.31. The van der Waals surface area contributed by atoms with Crippen LogP contribution in [0.15, 0.2) is 83.7 Å². The lowest BCUT2D eigenvalue weighted by molar-refractivity contribution is -0.122. The topological polar surface area (TPSA) is 70.1 Å². The summed E-state index contributed by atoms with van der Waals surface area (Å²) in [5, 5.41) is 3.10. The number of piperidine rings is 1. The Balaban J connectivity index is 1.37. The van der Waals surface area contributed by atoms with Gasteiger partial charge in [-0.05, 0) is 49.6 Å². The zero-order valence-electron chi connectivity index (χ0n) is 18.7. The molecule has 33 heavy (non-hydrogen) atoms. The number of para-hydroxylation sites is 2. The third-order valence-electron chi connectivity index (χ3n) is 6.54. The fraction of sp³-hybridized carbons (Fsp3) is 0.259. The average molecular weight is 441 g/mol. The van der Waals surface area contributed by atoms with Crippen molar-refractivity contribution in [3.8, 4) is 0 Å². The van der Waals surface area contributed by atoms with Crippen LogP contribution < -0.4 is 11.0 Å². The Bertz CT molecular complexity index is 1300. The molecule has 0 radical (unpaired) electrons. The standard InChI is InChI=1S/C27H28N4O2/c1-19-11-13-21(14-12-19)28-26(32)25(20-7-3-2-4-8-20)30-17-15-22(16-18-30)31-24-10-6-5-9-23(24)29-27(31)33/h2-14,22,25H,15-18H2,1H3,(H,28,32)(H,29,33). The summed E-state index contributed by atoms with van der Waals surface area (Å²) in [7, 11) is 0. The maximum atomic E-state index is 13.4. The number of aromatic nitrogens is 2. The molecule has 0 aliphatic carbocycles. The molecule has 168 valence electrons. The Morgan fingerprint density at radius 3 is 2.33 bits per heavy atom. The first-order valence-corrected chi connectivity index (χ1v) is 11.5. The van der Waals surface area contributed by atoms with Crippen LogP contribution >= 0.6 is 0 Å². The molecule has 1 aliphatic rings. The minimum atomic E-state index is -0.381. The van der Waals surface area contributed by atoms with Gasteiger partial charge in [0.2, 0.25) is 5.91 Å². The summed E-state index contributed by atoms with van der Waals surface area (Å²) in [4.78, 5) is 31.3. The summed E-state index contributed by atoms with van der Waals surface area (Å²) < 4.78 is 1.89. The van der Waals surface area contributed by atoms with E-state index < -0.39 is 0 Å². The van der Waals surface area contributed by atoms with Crippen LogP contribution in [-0.4, -0.2) is 33.4 Å². The first-order valence-electron chi connectivity index (χ1n) is 11.5. The molecule has 6 nitrogen and oxygen atoms in total. The number of anilines is 1. The molecule has 6 heteroatoms. The van der Waals surface area contributed by atoms with E-state index in [1.807, 2.05) is 90.4 Å². The molecule has 2 heterocycles. The monoisotopic (exact) mass is 440 g/mol. The third kappa shape index (κ3) is 4.34. The minimum Gasteiger partial charge on any atom is -0.324 e. The number of aromatic amines is 1. The van der Waals surface area contributed by atoms with Gasteiger partial charge in [-0.15, -0.1) is 0 Å². The SMILES string of the molecule is Cc1ccc(NC(=O)C(c2ccccc2)N2CCC(n3c(=O)[nH]c4ccccc43)CC2)cc1. The van der Waals surface area contributed by atoms with Gasteiger partial charge in [0.05, 0.1) is 11.0 Å². The van der Waals surface area contributed by atoms with E-state index in [1.54, 1.807) is 0 Å². The second kappa shape index (κ2) is 9.08. The number of imidazole rings is 1. The van der Waals surface area contributed by atoms with Gasteiger partial charge in [-0.2, -0.15) is 0 Å². The first-order chi connectivity index (χ1) is 16.1. The summed E-state index contributed by atoms with van der Waals surface area (Å²) in [6.45, 7) is 3.50. The number of hydrogen-bond donors (Lipinski definition) is 2. The van der Waals surface area contributed by atoms with Gasteiger partial charge in [0.25, 0.3) is 0 Å². The van der Waals surface area contributed by atoms with Crippen molar-refractivity contribution in [2.24, 2.45) is 0 Å². The van der Waals surface area contributed by atoms with Gasteiger partial charge in [-0.3, -0.25) is 14.3 Å². The number of nitrogens with one attached hydrogen (secondary N) is 2. The van der Waals surface area contributed by atoms with E-state index in [0.29, 0.717) is 0 Å². The van der Waals surface area contributed by atoms with Gasteiger partial charge >= 0.3 is 5.69 Å². The highest BCUT2D eigenvalue weighted by molar-refractivity contribution is 5.95. The fourth-order valence-electron chi connectivity index (χ4n) is 4.85. The van der Waals surface area contributed by atoms with Gasteiger partial charge in [-0.25, -0.2) is 4.79 Å². The smallest absolute Gasteiger partial charge is 0.324 e. The van der Waals surface area contributed by atoms with Crippen LogP contribution in [0.25, 0.3) is 11.0 Å². The molecule has 0 bridgehead atoms.